The molecular weight excluding hydrogens is 238 g/mol. The first kappa shape index (κ1) is 13.4. The predicted molar refractivity (Wildman–Crippen MR) is 65.4 cm³/mol. The molecule has 1 heterocycles. The van der Waals surface area contributed by atoms with E-state index < -0.39 is 17.7 Å². The highest BCUT2D eigenvalue weighted by atomic mass is 19.2. The van der Waals surface area contributed by atoms with Crippen molar-refractivity contribution >= 4 is 0 Å². The summed E-state index contributed by atoms with van der Waals surface area (Å²) in [5.74, 6) is -1.71. The Kier molecular flexibility index (Phi) is 4.63. The van der Waals surface area contributed by atoms with Gasteiger partial charge in [0.1, 0.15) is 0 Å². The molecule has 1 aliphatic rings. The fourth-order valence-electron chi connectivity index (χ4n) is 2.19. The molecule has 1 aromatic rings. The van der Waals surface area contributed by atoms with Crippen LogP contribution in [0.4, 0.5) is 8.78 Å². The number of hydrogen-bond acceptors (Lipinski definition) is 3. The summed E-state index contributed by atoms with van der Waals surface area (Å²) in [7, 11) is 0. The Labute approximate surface area is 105 Å². The third-order valence-corrected chi connectivity index (χ3v) is 3.13. The molecule has 0 spiro atoms. The van der Waals surface area contributed by atoms with Crippen molar-refractivity contribution in [3.8, 4) is 0 Å². The van der Waals surface area contributed by atoms with Crippen LogP contribution in [-0.4, -0.2) is 48.8 Å². The quantitative estimate of drug-likeness (QED) is 0.835. The molecule has 100 valence electrons. The first-order chi connectivity index (χ1) is 8.65. The molecule has 3 nitrogen and oxygen atoms in total. The molecule has 1 fully saturated rings. The molecule has 2 N–H and O–H groups in total. The molecule has 18 heavy (non-hydrogen) atoms. The monoisotopic (exact) mass is 256 g/mol. The first-order valence-electron chi connectivity index (χ1n) is 6.20. The highest BCUT2D eigenvalue weighted by Crippen LogP contribution is 2.11. The zero-order valence-electron chi connectivity index (χ0n) is 10.2. The van der Waals surface area contributed by atoms with Crippen molar-refractivity contribution in [2.75, 3.05) is 32.7 Å². The molecular formula is C13H18F2N2O. The lowest BCUT2D eigenvalue weighted by atomic mass is 10.1. The number of nitrogens with one attached hydrogen (secondary N) is 1. The maximum atomic E-state index is 13.0. The number of halogens is 2. The van der Waals surface area contributed by atoms with Crippen LogP contribution in [0.1, 0.15) is 5.56 Å². The first-order valence-corrected chi connectivity index (χ1v) is 6.20. The normalized spacial score (nSPS) is 18.8. The minimum Gasteiger partial charge on any atom is -0.391 e. The van der Waals surface area contributed by atoms with Gasteiger partial charge in [-0.15, -0.1) is 0 Å². The van der Waals surface area contributed by atoms with Gasteiger partial charge in [0, 0.05) is 32.7 Å². The van der Waals surface area contributed by atoms with Gasteiger partial charge in [0.15, 0.2) is 11.6 Å². The largest absolute Gasteiger partial charge is 0.391 e. The van der Waals surface area contributed by atoms with E-state index in [1.54, 1.807) is 0 Å². The topological polar surface area (TPSA) is 35.5 Å². The van der Waals surface area contributed by atoms with Crippen molar-refractivity contribution in [3.63, 3.8) is 0 Å². The van der Waals surface area contributed by atoms with E-state index in [1.807, 2.05) is 0 Å². The number of aliphatic hydroxyl groups excluding tert-OH is 1. The number of hydrogen-bond donors (Lipinski definition) is 2. The van der Waals surface area contributed by atoms with Crippen molar-refractivity contribution in [1.82, 2.24) is 10.2 Å². The van der Waals surface area contributed by atoms with Crippen LogP contribution in [0.15, 0.2) is 18.2 Å². The smallest absolute Gasteiger partial charge is 0.159 e. The van der Waals surface area contributed by atoms with Gasteiger partial charge in [-0.3, -0.25) is 4.90 Å². The molecule has 1 atom stereocenters. The minimum absolute atomic E-state index is 0.348. The average molecular weight is 256 g/mol. The second-order valence-electron chi connectivity index (χ2n) is 4.66. The minimum atomic E-state index is -0.859. The number of aliphatic hydroxyl groups is 1. The lowest BCUT2D eigenvalue weighted by Crippen LogP contribution is -2.46. The van der Waals surface area contributed by atoms with E-state index in [-0.39, 0.29) is 0 Å². The van der Waals surface area contributed by atoms with Crippen LogP contribution < -0.4 is 5.32 Å². The predicted octanol–water partition coefficient (Wildman–Crippen LogP) is 0.773. The Morgan fingerprint density at radius 2 is 1.94 bits per heavy atom. The summed E-state index contributed by atoms with van der Waals surface area (Å²) >= 11 is 0. The zero-order valence-corrected chi connectivity index (χ0v) is 10.2. The van der Waals surface area contributed by atoms with E-state index in [1.165, 1.54) is 6.07 Å². The van der Waals surface area contributed by atoms with Gasteiger partial charge in [-0.2, -0.15) is 0 Å². The Hall–Kier alpha value is -1.04. The molecule has 5 heteroatoms. The van der Waals surface area contributed by atoms with E-state index >= 15 is 0 Å². The highest BCUT2D eigenvalue weighted by molar-refractivity contribution is 5.18. The standard InChI is InChI=1S/C13H18F2N2O/c14-12-2-1-10(8-13(12)15)7-11(18)9-17-5-3-16-4-6-17/h1-2,8,11,16,18H,3-7,9H2. The fraction of sp³-hybridized carbons (Fsp3) is 0.538. The number of β-amino-alcohol motifs (C(OH)–C–C–N with tert-alkyl or cyclic N) is 1. The van der Waals surface area contributed by atoms with E-state index in [0.29, 0.717) is 18.5 Å². The van der Waals surface area contributed by atoms with E-state index in [2.05, 4.69) is 10.2 Å². The molecule has 0 aromatic heterocycles. The summed E-state index contributed by atoms with van der Waals surface area (Å²) in [6.07, 6.45) is -0.200. The molecule has 2 rings (SSSR count). The van der Waals surface area contributed by atoms with Crippen molar-refractivity contribution in [1.29, 1.82) is 0 Å². The van der Waals surface area contributed by atoms with Crippen molar-refractivity contribution in [3.05, 3.63) is 35.4 Å². The third kappa shape index (κ3) is 3.73. The van der Waals surface area contributed by atoms with Crippen LogP contribution in [0.25, 0.3) is 0 Å². The average Bonchev–Trinajstić information content (AvgIpc) is 2.35. The molecule has 0 radical (unpaired) electrons. The van der Waals surface area contributed by atoms with Crippen molar-refractivity contribution in [2.24, 2.45) is 0 Å². The Morgan fingerprint density at radius 1 is 1.22 bits per heavy atom. The highest BCUT2D eigenvalue weighted by Gasteiger charge is 2.15. The molecule has 0 amide bonds. The Bertz CT molecular complexity index is 395. The van der Waals surface area contributed by atoms with Gasteiger partial charge in [0.05, 0.1) is 6.10 Å². The van der Waals surface area contributed by atoms with E-state index in [9.17, 15) is 13.9 Å². The Balaban J connectivity index is 1.85. The number of benzene rings is 1. The maximum absolute atomic E-state index is 13.0. The van der Waals surface area contributed by atoms with Crippen molar-refractivity contribution in [2.45, 2.75) is 12.5 Å². The summed E-state index contributed by atoms with van der Waals surface area (Å²) in [5.41, 5.74) is 0.622. The summed E-state index contributed by atoms with van der Waals surface area (Å²) in [6.45, 7) is 4.25. The van der Waals surface area contributed by atoms with Crippen LogP contribution in [0.5, 0.6) is 0 Å². The SMILES string of the molecule is OC(Cc1ccc(F)c(F)c1)CN1CCNCC1. The number of piperazine rings is 1. The van der Waals surface area contributed by atoms with Gasteiger partial charge in [0.25, 0.3) is 0 Å². The lowest BCUT2D eigenvalue weighted by Gasteiger charge is -2.29. The van der Waals surface area contributed by atoms with Crippen LogP contribution in [0, 0.1) is 11.6 Å². The van der Waals surface area contributed by atoms with Crippen molar-refractivity contribution < 1.29 is 13.9 Å². The van der Waals surface area contributed by atoms with Gasteiger partial charge in [-0.05, 0) is 24.1 Å². The number of rotatable bonds is 4. The van der Waals surface area contributed by atoms with Crippen LogP contribution in [0.2, 0.25) is 0 Å². The molecule has 0 bridgehead atoms. The summed E-state index contributed by atoms with van der Waals surface area (Å²) < 4.78 is 25.8. The van der Waals surface area contributed by atoms with Crippen LogP contribution in [-0.2, 0) is 6.42 Å². The maximum Gasteiger partial charge on any atom is 0.159 e. The zero-order chi connectivity index (χ0) is 13.0. The summed E-state index contributed by atoms with van der Waals surface area (Å²) in [6, 6.07) is 3.76. The molecule has 1 aliphatic heterocycles. The van der Waals surface area contributed by atoms with E-state index in [4.69, 9.17) is 0 Å². The third-order valence-electron chi connectivity index (χ3n) is 3.13. The van der Waals surface area contributed by atoms with Crippen LogP contribution >= 0.6 is 0 Å². The van der Waals surface area contributed by atoms with Gasteiger partial charge < -0.3 is 10.4 Å². The second kappa shape index (κ2) is 6.22. The van der Waals surface area contributed by atoms with Gasteiger partial charge in [-0.25, -0.2) is 8.78 Å². The summed E-state index contributed by atoms with van der Waals surface area (Å²) in [4.78, 5) is 2.17. The molecule has 0 saturated carbocycles. The summed E-state index contributed by atoms with van der Waals surface area (Å²) in [5, 5.41) is 13.2. The fourth-order valence-corrected chi connectivity index (χ4v) is 2.19. The molecule has 1 aromatic carbocycles. The molecule has 0 aliphatic carbocycles. The molecule has 1 saturated heterocycles. The van der Waals surface area contributed by atoms with Crippen LogP contribution in [0.3, 0.4) is 0 Å². The van der Waals surface area contributed by atoms with Gasteiger partial charge in [-0.1, -0.05) is 6.07 Å². The van der Waals surface area contributed by atoms with E-state index in [0.717, 1.165) is 38.3 Å². The number of nitrogens with zero attached hydrogens (tertiary/aromatic N) is 1. The molecule has 1 unspecified atom stereocenters. The van der Waals surface area contributed by atoms with Gasteiger partial charge in [0.2, 0.25) is 0 Å². The second-order valence-corrected chi connectivity index (χ2v) is 4.66. The Morgan fingerprint density at radius 3 is 2.61 bits per heavy atom. The van der Waals surface area contributed by atoms with Gasteiger partial charge >= 0.3 is 0 Å². The lowest BCUT2D eigenvalue weighted by molar-refractivity contribution is 0.105.